The number of piperidine rings is 1. The molecule has 1 amide bonds. The molecule has 2 atom stereocenters. The van der Waals surface area contributed by atoms with Gasteiger partial charge < -0.3 is 9.88 Å². The number of nitrogens with zero attached hydrogens (tertiary/aromatic N) is 2. The molecule has 154 valence electrons. The second kappa shape index (κ2) is 7.72. The zero-order chi connectivity index (χ0) is 20.6. The number of sulfonamides is 1. The smallest absolute Gasteiger partial charge is 0.251 e. The first kappa shape index (κ1) is 19.8. The van der Waals surface area contributed by atoms with Crippen molar-refractivity contribution in [1.82, 2.24) is 14.2 Å². The van der Waals surface area contributed by atoms with Crippen LogP contribution in [0.5, 0.6) is 0 Å². The molecule has 2 aliphatic heterocycles. The molecule has 7 nitrogen and oxygen atoms in total. The molecule has 9 heteroatoms. The third-order valence-corrected chi connectivity index (χ3v) is 7.40. The lowest BCUT2D eigenvalue weighted by Crippen LogP contribution is -2.50. The number of aromatic nitrogens is 1. The minimum absolute atomic E-state index is 0.0000173. The van der Waals surface area contributed by atoms with Crippen LogP contribution in [0.15, 0.2) is 47.3 Å². The van der Waals surface area contributed by atoms with Crippen molar-refractivity contribution >= 4 is 15.9 Å². The topological polar surface area (TPSA) is 88.5 Å². The van der Waals surface area contributed by atoms with Gasteiger partial charge in [-0.3, -0.25) is 9.59 Å². The Morgan fingerprint density at radius 1 is 1.10 bits per heavy atom. The van der Waals surface area contributed by atoms with Gasteiger partial charge in [0.15, 0.2) is 0 Å². The molecule has 0 saturated carbocycles. The minimum atomic E-state index is -3.55. The van der Waals surface area contributed by atoms with Gasteiger partial charge in [0.1, 0.15) is 5.82 Å². The quantitative estimate of drug-likeness (QED) is 0.788. The molecule has 1 saturated heterocycles. The summed E-state index contributed by atoms with van der Waals surface area (Å²) in [6, 6.07) is 10.2. The number of carbonyl (C=O) groups is 1. The van der Waals surface area contributed by atoms with Crippen LogP contribution in [-0.2, 0) is 16.6 Å². The zero-order valence-electron chi connectivity index (χ0n) is 15.8. The van der Waals surface area contributed by atoms with E-state index < -0.39 is 21.7 Å². The molecule has 0 unspecified atom stereocenters. The van der Waals surface area contributed by atoms with Gasteiger partial charge >= 0.3 is 0 Å². The summed E-state index contributed by atoms with van der Waals surface area (Å²) >= 11 is 0. The summed E-state index contributed by atoms with van der Waals surface area (Å²) in [6.07, 6.45) is 0.872. The predicted octanol–water partition coefficient (Wildman–Crippen LogP) is 1.17. The molecule has 1 aromatic carbocycles. The van der Waals surface area contributed by atoms with Gasteiger partial charge in [0, 0.05) is 49.4 Å². The van der Waals surface area contributed by atoms with E-state index in [1.807, 2.05) is 6.07 Å². The fourth-order valence-electron chi connectivity index (χ4n) is 4.21. The molecule has 0 radical (unpaired) electrons. The van der Waals surface area contributed by atoms with Crippen molar-refractivity contribution in [2.24, 2.45) is 5.92 Å². The molecule has 1 aromatic heterocycles. The zero-order valence-corrected chi connectivity index (χ0v) is 16.6. The Morgan fingerprint density at radius 2 is 1.86 bits per heavy atom. The summed E-state index contributed by atoms with van der Waals surface area (Å²) in [4.78, 5) is 24.2. The largest absolute Gasteiger partial charge is 0.351 e. The first-order valence-electron chi connectivity index (χ1n) is 9.55. The summed E-state index contributed by atoms with van der Waals surface area (Å²) in [5.74, 6) is -0.987. The van der Waals surface area contributed by atoms with Gasteiger partial charge in [-0.05, 0) is 42.7 Å². The maximum atomic E-state index is 12.9. The Bertz CT molecular complexity index is 1080. The van der Waals surface area contributed by atoms with Crippen LogP contribution in [-0.4, -0.2) is 48.6 Å². The van der Waals surface area contributed by atoms with Crippen molar-refractivity contribution < 1.29 is 17.6 Å². The SMILES string of the molecule is O=C(NCCS(=O)(=O)N1C[C@@H]2C[C@H](C1)c1cccc(=O)n1C2)c1ccc(F)cc1. The maximum absolute atomic E-state index is 12.9. The van der Waals surface area contributed by atoms with Gasteiger partial charge in [0.05, 0.1) is 5.75 Å². The number of benzene rings is 1. The monoisotopic (exact) mass is 419 g/mol. The maximum Gasteiger partial charge on any atom is 0.251 e. The van der Waals surface area contributed by atoms with Crippen molar-refractivity contribution in [3.05, 3.63) is 69.9 Å². The number of pyridine rings is 1. The summed E-state index contributed by atoms with van der Waals surface area (Å²) in [6.45, 7) is 1.22. The molecule has 29 heavy (non-hydrogen) atoms. The van der Waals surface area contributed by atoms with E-state index in [1.54, 1.807) is 10.6 Å². The van der Waals surface area contributed by atoms with Gasteiger partial charge in [0.25, 0.3) is 11.5 Å². The fraction of sp³-hybridized carbons (Fsp3) is 0.400. The number of nitrogens with one attached hydrogen (secondary N) is 1. The molecule has 1 N–H and O–H groups in total. The second-order valence-corrected chi connectivity index (χ2v) is 9.68. The Labute approximate surface area is 168 Å². The lowest BCUT2D eigenvalue weighted by atomic mass is 9.84. The van der Waals surface area contributed by atoms with Crippen molar-refractivity contribution in [2.75, 3.05) is 25.4 Å². The first-order chi connectivity index (χ1) is 13.8. The Hall–Kier alpha value is -2.52. The standard InChI is InChI=1S/C20H22FN3O4S/c21-17-6-4-15(5-7-17)20(26)22-8-9-29(27,28)23-11-14-10-16(13-23)18-2-1-3-19(25)24(18)12-14/h1-7,14,16H,8-13H2,(H,22,26)/t14-,16+/m0/s1. The molecule has 2 aliphatic rings. The lowest BCUT2D eigenvalue weighted by molar-refractivity contribution is 0.0956. The molecular formula is C20H22FN3O4S. The average Bonchev–Trinajstić information content (AvgIpc) is 2.69. The van der Waals surface area contributed by atoms with Gasteiger partial charge in [-0.15, -0.1) is 0 Å². The van der Waals surface area contributed by atoms with E-state index >= 15 is 0 Å². The van der Waals surface area contributed by atoms with E-state index in [4.69, 9.17) is 0 Å². The summed E-state index contributed by atoms with van der Waals surface area (Å²) in [5.41, 5.74) is 1.12. The van der Waals surface area contributed by atoms with Crippen molar-refractivity contribution in [3.8, 4) is 0 Å². The van der Waals surface area contributed by atoms with E-state index in [0.717, 1.165) is 12.1 Å². The molecule has 2 bridgehead atoms. The summed E-state index contributed by atoms with van der Waals surface area (Å²) in [5, 5.41) is 2.57. The normalized spacial score (nSPS) is 21.4. The van der Waals surface area contributed by atoms with Crippen LogP contribution in [0.2, 0.25) is 0 Å². The number of amides is 1. The number of rotatable bonds is 5. The van der Waals surface area contributed by atoms with Crippen molar-refractivity contribution in [1.29, 1.82) is 0 Å². The third kappa shape index (κ3) is 4.11. The van der Waals surface area contributed by atoms with Gasteiger partial charge in [-0.1, -0.05) is 6.07 Å². The van der Waals surface area contributed by atoms with Crippen LogP contribution in [0.1, 0.15) is 28.4 Å². The van der Waals surface area contributed by atoms with E-state index in [1.165, 1.54) is 34.6 Å². The second-order valence-electron chi connectivity index (χ2n) is 7.59. The Balaban J connectivity index is 1.39. The van der Waals surface area contributed by atoms with Gasteiger partial charge in [0.2, 0.25) is 10.0 Å². The molecule has 1 fully saturated rings. The van der Waals surface area contributed by atoms with E-state index in [-0.39, 0.29) is 35.3 Å². The lowest BCUT2D eigenvalue weighted by Gasteiger charge is -2.42. The number of halogens is 1. The minimum Gasteiger partial charge on any atom is -0.351 e. The number of fused-ring (bicyclic) bond motifs is 4. The molecule has 0 aliphatic carbocycles. The highest BCUT2D eigenvalue weighted by Gasteiger charge is 2.38. The summed E-state index contributed by atoms with van der Waals surface area (Å²) in [7, 11) is -3.55. The van der Waals surface area contributed by atoms with E-state index in [9.17, 15) is 22.4 Å². The van der Waals surface area contributed by atoms with Gasteiger partial charge in [-0.2, -0.15) is 0 Å². The number of hydrogen-bond acceptors (Lipinski definition) is 4. The highest BCUT2D eigenvalue weighted by molar-refractivity contribution is 7.89. The van der Waals surface area contributed by atoms with Crippen LogP contribution < -0.4 is 10.9 Å². The van der Waals surface area contributed by atoms with Crippen molar-refractivity contribution in [2.45, 2.75) is 18.9 Å². The highest BCUT2D eigenvalue weighted by atomic mass is 32.2. The number of carbonyl (C=O) groups excluding carboxylic acids is 1. The van der Waals surface area contributed by atoms with Crippen LogP contribution in [0.3, 0.4) is 0 Å². The molecule has 0 spiro atoms. The molecule has 4 rings (SSSR count). The average molecular weight is 419 g/mol. The van der Waals surface area contributed by atoms with Crippen molar-refractivity contribution in [3.63, 3.8) is 0 Å². The molecule has 2 aromatic rings. The van der Waals surface area contributed by atoms with Crippen LogP contribution in [0.4, 0.5) is 4.39 Å². The fourth-order valence-corrected chi connectivity index (χ4v) is 5.67. The molecule has 3 heterocycles. The van der Waals surface area contributed by atoms with Gasteiger partial charge in [-0.25, -0.2) is 17.1 Å². The summed E-state index contributed by atoms with van der Waals surface area (Å²) < 4.78 is 41.8. The van der Waals surface area contributed by atoms with E-state index in [0.29, 0.717) is 19.6 Å². The van der Waals surface area contributed by atoms with E-state index in [2.05, 4.69) is 5.32 Å². The Morgan fingerprint density at radius 3 is 2.62 bits per heavy atom. The predicted molar refractivity (Wildman–Crippen MR) is 106 cm³/mol. The van der Waals surface area contributed by atoms with Crippen LogP contribution >= 0.6 is 0 Å². The van der Waals surface area contributed by atoms with Crippen LogP contribution in [0, 0.1) is 11.7 Å². The third-order valence-electron chi connectivity index (χ3n) is 5.59. The molecular weight excluding hydrogens is 397 g/mol. The van der Waals surface area contributed by atoms with Crippen LogP contribution in [0.25, 0.3) is 0 Å². The number of hydrogen-bond donors (Lipinski definition) is 1. The Kier molecular flexibility index (Phi) is 5.26. The highest BCUT2D eigenvalue weighted by Crippen LogP contribution is 2.35. The first-order valence-corrected chi connectivity index (χ1v) is 11.2.